The number of hydrogen-bond donors (Lipinski definition) is 1. The van der Waals surface area contributed by atoms with E-state index in [1.54, 1.807) is 0 Å². The number of nitrogens with zero attached hydrogens (tertiary/aromatic N) is 1. The van der Waals surface area contributed by atoms with Crippen molar-refractivity contribution in [1.29, 1.82) is 0 Å². The largest absolute Gasteiger partial charge is 0.411 e. The Hall–Kier alpha value is -2.42. The molecule has 0 amide bonds. The number of carbonyl (C=O) groups is 1. The second-order valence-electron chi connectivity index (χ2n) is 6.10. The van der Waals surface area contributed by atoms with Crippen LogP contribution < -0.4 is 0 Å². The number of fused-ring (bicyclic) bond motifs is 3. The molecule has 0 fully saturated rings. The highest BCUT2D eigenvalue weighted by molar-refractivity contribution is 6.27. The minimum atomic E-state index is -0.193. The maximum atomic E-state index is 11.7. The summed E-state index contributed by atoms with van der Waals surface area (Å²) in [6.45, 7) is 4.46. The molecule has 23 heavy (non-hydrogen) atoms. The molecular formula is C20H21NO2. The van der Waals surface area contributed by atoms with E-state index in [2.05, 4.69) is 55.4 Å². The summed E-state index contributed by atoms with van der Waals surface area (Å²) < 4.78 is 0. The molecule has 1 aliphatic rings. The predicted octanol–water partition coefficient (Wildman–Crippen LogP) is 4.34. The molecule has 0 spiro atoms. The fourth-order valence-corrected chi connectivity index (χ4v) is 3.94. The Bertz CT molecular complexity index is 773. The van der Waals surface area contributed by atoms with E-state index in [0.29, 0.717) is 0 Å². The van der Waals surface area contributed by atoms with Gasteiger partial charge in [-0.3, -0.25) is 4.79 Å². The molecule has 0 saturated heterocycles. The third-order valence-electron chi connectivity index (χ3n) is 5.12. The van der Waals surface area contributed by atoms with E-state index in [1.165, 1.54) is 22.3 Å². The van der Waals surface area contributed by atoms with Gasteiger partial charge in [0.15, 0.2) is 5.78 Å². The molecule has 3 rings (SSSR count). The van der Waals surface area contributed by atoms with Crippen molar-refractivity contribution in [3.05, 3.63) is 59.2 Å². The van der Waals surface area contributed by atoms with Crippen molar-refractivity contribution >= 4 is 12.0 Å². The normalized spacial score (nSPS) is 14.7. The average Bonchev–Trinajstić information content (AvgIpc) is 2.85. The number of rotatable bonds is 5. The van der Waals surface area contributed by atoms with Crippen LogP contribution in [0.1, 0.15) is 43.4 Å². The molecule has 3 nitrogen and oxygen atoms in total. The van der Waals surface area contributed by atoms with Gasteiger partial charge in [0.25, 0.3) is 0 Å². The van der Waals surface area contributed by atoms with Crippen LogP contribution in [0.2, 0.25) is 0 Å². The standard InChI is InChI=1S/C20H21NO2/c1-3-20(4-2)18-8-6-5-7-16(18)17-10-9-14(12-19(17)20)11-15(22)13-21-23/h5-10,12-13,23H,3-4,11H2,1-2H3. The van der Waals surface area contributed by atoms with Gasteiger partial charge in [-0.15, -0.1) is 0 Å². The monoisotopic (exact) mass is 307 g/mol. The van der Waals surface area contributed by atoms with Crippen molar-refractivity contribution in [1.82, 2.24) is 0 Å². The maximum Gasteiger partial charge on any atom is 0.181 e. The summed E-state index contributed by atoms with van der Waals surface area (Å²) >= 11 is 0. The van der Waals surface area contributed by atoms with Crippen molar-refractivity contribution in [3.63, 3.8) is 0 Å². The summed E-state index contributed by atoms with van der Waals surface area (Å²) in [5.74, 6) is -0.193. The van der Waals surface area contributed by atoms with Gasteiger partial charge in [-0.25, -0.2) is 0 Å². The van der Waals surface area contributed by atoms with Crippen LogP contribution in [0, 0.1) is 0 Å². The molecule has 0 radical (unpaired) electrons. The lowest BCUT2D eigenvalue weighted by Gasteiger charge is -2.29. The average molecular weight is 307 g/mol. The van der Waals surface area contributed by atoms with Crippen LogP contribution in [0.3, 0.4) is 0 Å². The minimum Gasteiger partial charge on any atom is -0.411 e. The summed E-state index contributed by atoms with van der Waals surface area (Å²) in [5, 5.41) is 11.3. The van der Waals surface area contributed by atoms with Crippen LogP contribution >= 0.6 is 0 Å². The summed E-state index contributed by atoms with van der Waals surface area (Å²) in [6, 6.07) is 14.9. The predicted molar refractivity (Wildman–Crippen MR) is 92.2 cm³/mol. The Balaban J connectivity index is 2.12. The molecule has 2 aromatic carbocycles. The van der Waals surface area contributed by atoms with Gasteiger partial charge >= 0.3 is 0 Å². The molecular weight excluding hydrogens is 286 g/mol. The van der Waals surface area contributed by atoms with E-state index in [1.807, 2.05) is 6.07 Å². The highest BCUT2D eigenvalue weighted by Gasteiger charge is 2.40. The molecule has 1 N–H and O–H groups in total. The summed E-state index contributed by atoms with van der Waals surface area (Å²) in [4.78, 5) is 11.7. The molecule has 0 heterocycles. The first-order valence-electron chi connectivity index (χ1n) is 8.09. The van der Waals surface area contributed by atoms with Crippen LogP contribution in [-0.4, -0.2) is 17.2 Å². The zero-order chi connectivity index (χ0) is 16.4. The summed E-state index contributed by atoms with van der Waals surface area (Å²) in [6.07, 6.45) is 3.29. The Morgan fingerprint density at radius 3 is 2.48 bits per heavy atom. The highest BCUT2D eigenvalue weighted by atomic mass is 16.4. The lowest BCUT2D eigenvalue weighted by Crippen LogP contribution is -2.23. The molecule has 2 aromatic rings. The maximum absolute atomic E-state index is 11.7. The number of ketones is 1. The molecule has 118 valence electrons. The number of oxime groups is 1. The first-order valence-corrected chi connectivity index (χ1v) is 8.09. The van der Waals surface area contributed by atoms with Gasteiger partial charge in [0.05, 0.1) is 0 Å². The van der Waals surface area contributed by atoms with E-state index in [-0.39, 0.29) is 17.6 Å². The molecule has 1 aliphatic carbocycles. The number of carbonyl (C=O) groups excluding carboxylic acids is 1. The molecule has 3 heteroatoms. The third kappa shape index (κ3) is 2.37. The first kappa shape index (κ1) is 15.5. The van der Waals surface area contributed by atoms with Gasteiger partial charge in [0, 0.05) is 11.8 Å². The van der Waals surface area contributed by atoms with Crippen LogP contribution in [0.4, 0.5) is 0 Å². The molecule has 0 saturated carbocycles. The lowest BCUT2D eigenvalue weighted by molar-refractivity contribution is -0.112. The van der Waals surface area contributed by atoms with E-state index in [9.17, 15) is 4.79 Å². The van der Waals surface area contributed by atoms with E-state index < -0.39 is 0 Å². The fourth-order valence-electron chi connectivity index (χ4n) is 3.94. The number of hydrogen-bond acceptors (Lipinski definition) is 3. The first-order chi connectivity index (χ1) is 11.2. The quantitative estimate of drug-likeness (QED) is 0.507. The van der Waals surface area contributed by atoms with Crippen molar-refractivity contribution in [2.45, 2.75) is 38.5 Å². The number of benzene rings is 2. The minimum absolute atomic E-state index is 0.0239. The number of Topliss-reactive ketones (excluding diaryl/α,β-unsaturated/α-hetero) is 1. The van der Waals surface area contributed by atoms with E-state index >= 15 is 0 Å². The molecule has 0 atom stereocenters. The van der Waals surface area contributed by atoms with Gasteiger partial charge in [-0.1, -0.05) is 61.5 Å². The fraction of sp³-hybridized carbons (Fsp3) is 0.300. The van der Waals surface area contributed by atoms with E-state index in [0.717, 1.165) is 24.6 Å². The van der Waals surface area contributed by atoms with Crippen LogP contribution in [0.5, 0.6) is 0 Å². The smallest absolute Gasteiger partial charge is 0.181 e. The second kappa shape index (κ2) is 5.99. The van der Waals surface area contributed by atoms with Crippen LogP contribution in [-0.2, 0) is 16.6 Å². The molecule has 0 bridgehead atoms. The van der Waals surface area contributed by atoms with Crippen LogP contribution in [0.15, 0.2) is 47.6 Å². The Kier molecular flexibility index (Phi) is 4.03. The van der Waals surface area contributed by atoms with Gasteiger partial charge < -0.3 is 5.21 Å². The van der Waals surface area contributed by atoms with E-state index in [4.69, 9.17) is 5.21 Å². The Morgan fingerprint density at radius 1 is 1.09 bits per heavy atom. The summed E-state index contributed by atoms with van der Waals surface area (Å²) in [5.41, 5.74) is 6.27. The van der Waals surface area contributed by atoms with Gasteiger partial charge in [0.1, 0.15) is 6.21 Å². The van der Waals surface area contributed by atoms with Crippen molar-refractivity contribution < 1.29 is 10.0 Å². The second-order valence-corrected chi connectivity index (χ2v) is 6.10. The third-order valence-corrected chi connectivity index (χ3v) is 5.12. The van der Waals surface area contributed by atoms with Crippen molar-refractivity contribution in [2.24, 2.45) is 5.16 Å². The van der Waals surface area contributed by atoms with Crippen molar-refractivity contribution in [2.75, 3.05) is 0 Å². The Morgan fingerprint density at radius 2 is 1.78 bits per heavy atom. The summed E-state index contributed by atoms with van der Waals surface area (Å²) in [7, 11) is 0. The SMILES string of the molecule is CCC1(CC)c2ccccc2-c2ccc(CC(=O)C=NO)cc21. The van der Waals surface area contributed by atoms with Crippen LogP contribution in [0.25, 0.3) is 11.1 Å². The zero-order valence-electron chi connectivity index (χ0n) is 13.5. The Labute approximate surface area is 136 Å². The topological polar surface area (TPSA) is 49.7 Å². The van der Waals surface area contributed by atoms with Gasteiger partial charge in [0.2, 0.25) is 0 Å². The molecule has 0 aliphatic heterocycles. The molecule has 0 aromatic heterocycles. The highest BCUT2D eigenvalue weighted by Crippen LogP contribution is 2.52. The van der Waals surface area contributed by atoms with Crippen molar-refractivity contribution in [3.8, 4) is 11.1 Å². The molecule has 0 unspecified atom stereocenters. The lowest BCUT2D eigenvalue weighted by atomic mass is 9.73. The van der Waals surface area contributed by atoms with Gasteiger partial charge in [-0.2, -0.15) is 0 Å². The zero-order valence-corrected chi connectivity index (χ0v) is 13.5. The van der Waals surface area contributed by atoms with Gasteiger partial charge in [-0.05, 0) is 40.7 Å².